The summed E-state index contributed by atoms with van der Waals surface area (Å²) in [5.74, 6) is 0.0498. The first-order valence-corrected chi connectivity index (χ1v) is 5.97. The van der Waals surface area contributed by atoms with Gasteiger partial charge in [-0.15, -0.1) is 0 Å². The van der Waals surface area contributed by atoms with Crippen LogP contribution in [0.4, 0.5) is 0 Å². The Bertz CT molecular complexity index is 536. The van der Waals surface area contributed by atoms with Crippen molar-refractivity contribution in [3.63, 3.8) is 0 Å². The van der Waals surface area contributed by atoms with Crippen LogP contribution in [0.1, 0.15) is 18.4 Å². The van der Waals surface area contributed by atoms with E-state index < -0.39 is 0 Å². The molecule has 5 nitrogen and oxygen atoms in total. The number of fused-ring (bicyclic) bond motifs is 1. The Kier molecular flexibility index (Phi) is 3.94. The third-order valence-corrected chi connectivity index (χ3v) is 2.88. The summed E-state index contributed by atoms with van der Waals surface area (Å²) >= 11 is 0. The summed E-state index contributed by atoms with van der Waals surface area (Å²) in [5, 5.41) is 8.70. The molecular weight excluding hydrogens is 230 g/mol. The van der Waals surface area contributed by atoms with E-state index in [1.807, 2.05) is 18.2 Å². The molecule has 2 N–H and O–H groups in total. The van der Waals surface area contributed by atoms with Gasteiger partial charge in [-0.05, 0) is 24.1 Å². The number of aliphatic hydroxyl groups excluding tert-OH is 1. The zero-order chi connectivity index (χ0) is 13.0. The first-order valence-electron chi connectivity index (χ1n) is 5.97. The second-order valence-corrected chi connectivity index (χ2v) is 4.33. The minimum absolute atomic E-state index is 0.0498. The molecule has 0 aliphatic carbocycles. The normalized spacial score (nSPS) is 10.8. The molecule has 0 fully saturated rings. The molecule has 1 aromatic carbocycles. The highest BCUT2D eigenvalue weighted by molar-refractivity contribution is 5.77. The predicted octanol–water partition coefficient (Wildman–Crippen LogP) is 1.29. The number of benzene rings is 1. The summed E-state index contributed by atoms with van der Waals surface area (Å²) in [6, 6.07) is 5.91. The van der Waals surface area contributed by atoms with Crippen molar-refractivity contribution < 1.29 is 9.90 Å². The van der Waals surface area contributed by atoms with E-state index in [4.69, 9.17) is 5.11 Å². The van der Waals surface area contributed by atoms with E-state index >= 15 is 0 Å². The first-order chi connectivity index (χ1) is 8.70. The van der Waals surface area contributed by atoms with Crippen LogP contribution in [0.2, 0.25) is 0 Å². The van der Waals surface area contributed by atoms with Gasteiger partial charge in [0.2, 0.25) is 5.91 Å². The maximum Gasteiger partial charge on any atom is 0.222 e. The molecule has 0 bridgehead atoms. The lowest BCUT2D eigenvalue weighted by Gasteiger charge is -2.17. The van der Waals surface area contributed by atoms with Crippen LogP contribution in [0.3, 0.4) is 0 Å². The van der Waals surface area contributed by atoms with Crippen LogP contribution >= 0.6 is 0 Å². The number of aromatic nitrogens is 2. The molecule has 0 spiro atoms. The topological polar surface area (TPSA) is 69.2 Å². The van der Waals surface area contributed by atoms with Crippen LogP contribution in [-0.2, 0) is 11.3 Å². The molecule has 0 aliphatic rings. The molecular formula is C13H17N3O2. The number of hydrogen-bond acceptors (Lipinski definition) is 3. The molecule has 96 valence electrons. The molecule has 5 heteroatoms. The third kappa shape index (κ3) is 2.87. The zero-order valence-electron chi connectivity index (χ0n) is 10.4. The Morgan fingerprint density at radius 2 is 2.33 bits per heavy atom. The van der Waals surface area contributed by atoms with E-state index in [9.17, 15) is 4.79 Å². The van der Waals surface area contributed by atoms with Crippen molar-refractivity contribution in [3.8, 4) is 0 Å². The number of rotatable bonds is 5. The highest BCUT2D eigenvalue weighted by atomic mass is 16.3. The fourth-order valence-electron chi connectivity index (χ4n) is 1.86. The van der Waals surface area contributed by atoms with E-state index in [1.54, 1.807) is 18.3 Å². The van der Waals surface area contributed by atoms with Crippen molar-refractivity contribution >= 4 is 16.9 Å². The Labute approximate surface area is 105 Å². The molecule has 0 saturated carbocycles. The number of amides is 1. The average Bonchev–Trinajstić information content (AvgIpc) is 2.83. The van der Waals surface area contributed by atoms with Gasteiger partial charge >= 0.3 is 0 Å². The van der Waals surface area contributed by atoms with Gasteiger partial charge in [-0.1, -0.05) is 6.07 Å². The lowest BCUT2D eigenvalue weighted by molar-refractivity contribution is -0.130. The Morgan fingerprint density at radius 1 is 1.50 bits per heavy atom. The van der Waals surface area contributed by atoms with Crippen LogP contribution in [0.25, 0.3) is 11.0 Å². The molecule has 1 aromatic heterocycles. The fraction of sp³-hybridized carbons (Fsp3) is 0.385. The molecule has 1 heterocycles. The Hall–Kier alpha value is -1.88. The SMILES string of the molecule is CN(Cc1ccc2nc[nH]c2c1)C(=O)CCCO. The van der Waals surface area contributed by atoms with Crippen LogP contribution in [0.15, 0.2) is 24.5 Å². The maximum absolute atomic E-state index is 11.7. The number of aromatic amines is 1. The highest BCUT2D eigenvalue weighted by Crippen LogP contribution is 2.13. The molecule has 0 radical (unpaired) electrons. The van der Waals surface area contributed by atoms with Gasteiger partial charge in [0.05, 0.1) is 17.4 Å². The molecule has 0 aliphatic heterocycles. The Balaban J connectivity index is 2.01. The van der Waals surface area contributed by atoms with Gasteiger partial charge in [-0.25, -0.2) is 4.98 Å². The van der Waals surface area contributed by atoms with Gasteiger partial charge in [0.15, 0.2) is 0 Å². The van der Waals surface area contributed by atoms with Gasteiger partial charge in [0.1, 0.15) is 0 Å². The van der Waals surface area contributed by atoms with Gasteiger partial charge < -0.3 is 15.0 Å². The fourth-order valence-corrected chi connectivity index (χ4v) is 1.86. The van der Waals surface area contributed by atoms with Gasteiger partial charge in [0.25, 0.3) is 0 Å². The number of imidazole rings is 1. The van der Waals surface area contributed by atoms with E-state index in [0.29, 0.717) is 19.4 Å². The van der Waals surface area contributed by atoms with E-state index in [2.05, 4.69) is 9.97 Å². The summed E-state index contributed by atoms with van der Waals surface area (Å²) < 4.78 is 0. The number of carbonyl (C=O) groups excluding carboxylic acids is 1. The standard InChI is InChI=1S/C13H17N3O2/c1-16(13(18)3-2-6-17)8-10-4-5-11-12(7-10)15-9-14-11/h4-5,7,9,17H,2-3,6,8H2,1H3,(H,14,15). The van der Waals surface area contributed by atoms with Crippen molar-refractivity contribution in [3.05, 3.63) is 30.1 Å². The van der Waals surface area contributed by atoms with Gasteiger partial charge in [0, 0.05) is 26.6 Å². The summed E-state index contributed by atoms with van der Waals surface area (Å²) in [6.07, 6.45) is 2.56. The number of aliphatic hydroxyl groups is 1. The largest absolute Gasteiger partial charge is 0.396 e. The zero-order valence-corrected chi connectivity index (χ0v) is 10.4. The highest BCUT2D eigenvalue weighted by Gasteiger charge is 2.09. The summed E-state index contributed by atoms with van der Waals surface area (Å²) in [5.41, 5.74) is 2.96. The lowest BCUT2D eigenvalue weighted by atomic mass is 10.2. The van der Waals surface area contributed by atoms with Crippen LogP contribution in [0, 0.1) is 0 Å². The van der Waals surface area contributed by atoms with Crippen molar-refractivity contribution in [2.75, 3.05) is 13.7 Å². The van der Waals surface area contributed by atoms with Crippen molar-refractivity contribution in [2.24, 2.45) is 0 Å². The monoisotopic (exact) mass is 247 g/mol. The quantitative estimate of drug-likeness (QED) is 0.836. The number of nitrogens with one attached hydrogen (secondary N) is 1. The van der Waals surface area contributed by atoms with E-state index in [1.165, 1.54) is 0 Å². The molecule has 0 saturated heterocycles. The van der Waals surface area contributed by atoms with Crippen molar-refractivity contribution in [2.45, 2.75) is 19.4 Å². The van der Waals surface area contributed by atoms with Crippen LogP contribution in [-0.4, -0.2) is 39.5 Å². The first kappa shape index (κ1) is 12.6. The number of hydrogen-bond donors (Lipinski definition) is 2. The van der Waals surface area contributed by atoms with Crippen LogP contribution in [0.5, 0.6) is 0 Å². The number of nitrogens with zero attached hydrogens (tertiary/aromatic N) is 2. The third-order valence-electron chi connectivity index (χ3n) is 2.88. The van der Waals surface area contributed by atoms with Crippen molar-refractivity contribution in [1.82, 2.24) is 14.9 Å². The summed E-state index contributed by atoms with van der Waals surface area (Å²) in [7, 11) is 1.77. The number of H-pyrrole nitrogens is 1. The predicted molar refractivity (Wildman–Crippen MR) is 68.9 cm³/mol. The summed E-state index contributed by atoms with van der Waals surface area (Å²) in [6.45, 7) is 0.624. The van der Waals surface area contributed by atoms with Gasteiger partial charge in [-0.3, -0.25) is 4.79 Å². The lowest BCUT2D eigenvalue weighted by Crippen LogP contribution is -2.26. The maximum atomic E-state index is 11.7. The second kappa shape index (κ2) is 5.64. The van der Waals surface area contributed by atoms with Gasteiger partial charge in [-0.2, -0.15) is 0 Å². The molecule has 0 unspecified atom stereocenters. The van der Waals surface area contributed by atoms with E-state index in [-0.39, 0.29) is 12.5 Å². The minimum Gasteiger partial charge on any atom is -0.396 e. The Morgan fingerprint density at radius 3 is 3.11 bits per heavy atom. The van der Waals surface area contributed by atoms with Crippen LogP contribution < -0.4 is 0 Å². The average molecular weight is 247 g/mol. The molecule has 0 atom stereocenters. The minimum atomic E-state index is 0.0498. The molecule has 2 aromatic rings. The molecule has 18 heavy (non-hydrogen) atoms. The second-order valence-electron chi connectivity index (χ2n) is 4.33. The molecule has 2 rings (SSSR count). The van der Waals surface area contributed by atoms with E-state index in [0.717, 1.165) is 16.6 Å². The molecule has 1 amide bonds. The number of carbonyl (C=O) groups is 1. The summed E-state index contributed by atoms with van der Waals surface area (Å²) in [4.78, 5) is 20.6. The van der Waals surface area contributed by atoms with Crippen molar-refractivity contribution in [1.29, 1.82) is 0 Å². The smallest absolute Gasteiger partial charge is 0.222 e.